The van der Waals surface area contributed by atoms with Crippen LogP contribution in [-0.4, -0.2) is 96.6 Å². The van der Waals surface area contributed by atoms with Crippen LogP contribution < -0.4 is 10.6 Å². The molecule has 3 aliphatic rings. The Hall–Kier alpha value is -5.48. The lowest BCUT2D eigenvalue weighted by molar-refractivity contribution is -0.140. The van der Waals surface area contributed by atoms with E-state index in [1.807, 2.05) is 0 Å². The van der Waals surface area contributed by atoms with Gasteiger partial charge in [-0.3, -0.25) is 28.8 Å². The number of thioether (sulfide) groups is 1. The Balaban J connectivity index is 2.19. The van der Waals surface area contributed by atoms with Gasteiger partial charge >= 0.3 is 5.97 Å². The second-order valence-corrected chi connectivity index (χ2v) is 15.8. The van der Waals surface area contributed by atoms with Crippen molar-refractivity contribution >= 4 is 52.7 Å². The van der Waals surface area contributed by atoms with Crippen molar-refractivity contribution in [3.8, 4) is 5.75 Å². The predicted molar refractivity (Wildman–Crippen MR) is 223 cm³/mol. The maximum atomic E-state index is 14.4. The molecule has 14 nitrogen and oxygen atoms in total. The van der Waals surface area contributed by atoms with Crippen LogP contribution in [0, 0.1) is 24.7 Å². The van der Waals surface area contributed by atoms with Crippen LogP contribution in [0.15, 0.2) is 88.6 Å². The molecule has 7 N–H and O–H groups in total. The van der Waals surface area contributed by atoms with Crippen LogP contribution in [0.4, 0.5) is 0 Å². The summed E-state index contributed by atoms with van der Waals surface area (Å²) in [6, 6.07) is -0.315. The molecule has 7 atom stereocenters. The fourth-order valence-electron chi connectivity index (χ4n) is 6.24. The normalized spacial score (nSPS) is 24.8. The predicted octanol–water partition coefficient (Wildman–Crippen LogP) is 4.38. The molecule has 15 heteroatoms. The van der Waals surface area contributed by atoms with E-state index in [0.717, 1.165) is 13.0 Å². The van der Waals surface area contributed by atoms with E-state index in [2.05, 4.69) is 10.6 Å². The summed E-state index contributed by atoms with van der Waals surface area (Å²) in [5.74, 6) is -8.71. The van der Waals surface area contributed by atoms with E-state index in [1.54, 1.807) is 58.1 Å². The number of allylic oxidation sites excluding steroid dienone is 8. The molecule has 0 fully saturated rings. The van der Waals surface area contributed by atoms with Crippen molar-refractivity contribution in [2.75, 3.05) is 5.75 Å². The minimum atomic E-state index is -1.52. The van der Waals surface area contributed by atoms with E-state index in [0.29, 0.717) is 17.3 Å². The number of nitrogens with one attached hydrogen (secondary N) is 2. The van der Waals surface area contributed by atoms with Gasteiger partial charge in [-0.2, -0.15) is 0 Å². The number of fused-ring (bicyclic) bond motifs is 18. The number of aliphatic hydroxyl groups excluding tert-OH is 3. The molecule has 1 aromatic rings. The van der Waals surface area contributed by atoms with Gasteiger partial charge in [0.15, 0.2) is 11.6 Å². The molecule has 2 aliphatic heterocycles. The Bertz CT molecular complexity index is 2090. The fourth-order valence-corrected chi connectivity index (χ4v) is 7.32. The molecule has 1 aliphatic carbocycles. The molecule has 4 rings (SSSR count). The van der Waals surface area contributed by atoms with Crippen LogP contribution in [0.25, 0.3) is 0 Å². The zero-order valence-corrected chi connectivity index (χ0v) is 34.8. The molecule has 0 saturated heterocycles. The summed E-state index contributed by atoms with van der Waals surface area (Å²) in [7, 11) is 0. The third-order valence-electron chi connectivity index (χ3n) is 9.86. The first-order valence-electron chi connectivity index (χ1n) is 19.0. The summed E-state index contributed by atoms with van der Waals surface area (Å²) in [5.41, 5.74) is -1.35. The van der Waals surface area contributed by atoms with Crippen molar-refractivity contribution in [2.24, 2.45) is 17.8 Å². The summed E-state index contributed by atoms with van der Waals surface area (Å²) >= 11 is 0.556. The molecule has 7 unspecified atom stereocenters. The maximum Gasteiger partial charge on any atom is 0.327 e. The Morgan fingerprint density at radius 3 is 2.15 bits per heavy atom. The number of aromatic hydroxyl groups is 1. The highest BCUT2D eigenvalue weighted by Crippen LogP contribution is 2.40. The average molecular weight is 833 g/mol. The average Bonchev–Trinajstić information content (AvgIpc) is 3.17. The number of hydrogen-bond donors (Lipinski definition) is 7. The number of rotatable bonds is 5. The summed E-state index contributed by atoms with van der Waals surface area (Å²) in [6.07, 6.45) is 11.6. The van der Waals surface area contributed by atoms with Crippen LogP contribution in [0.3, 0.4) is 0 Å². The summed E-state index contributed by atoms with van der Waals surface area (Å²) in [6.45, 7) is 10.6. The molecule has 0 radical (unpaired) electrons. The molecule has 59 heavy (non-hydrogen) atoms. The van der Waals surface area contributed by atoms with Gasteiger partial charge in [-0.05, 0) is 50.0 Å². The number of carboxylic acids is 1. The highest BCUT2D eigenvalue weighted by molar-refractivity contribution is 8.04. The Morgan fingerprint density at radius 2 is 1.51 bits per heavy atom. The lowest BCUT2D eigenvalue weighted by Gasteiger charge is -2.25. The lowest BCUT2D eigenvalue weighted by atomic mass is 9.83. The van der Waals surface area contributed by atoms with Crippen molar-refractivity contribution in [1.82, 2.24) is 10.6 Å². The number of phenols is 1. The van der Waals surface area contributed by atoms with Gasteiger partial charge in [0.1, 0.15) is 17.5 Å². The monoisotopic (exact) mass is 832 g/mol. The molecule has 2 amide bonds. The number of hydrogen-bond acceptors (Lipinski definition) is 12. The second-order valence-electron chi connectivity index (χ2n) is 14.7. The van der Waals surface area contributed by atoms with Crippen molar-refractivity contribution in [3.05, 3.63) is 111 Å². The molecule has 4 bridgehead atoms. The van der Waals surface area contributed by atoms with Gasteiger partial charge in [-0.1, -0.05) is 75.5 Å². The van der Waals surface area contributed by atoms with Gasteiger partial charge in [0.2, 0.25) is 23.4 Å². The number of benzene rings is 1. The van der Waals surface area contributed by atoms with E-state index in [9.17, 15) is 59.1 Å². The van der Waals surface area contributed by atoms with E-state index < -0.39 is 110 Å². The Morgan fingerprint density at radius 1 is 0.847 bits per heavy atom. The van der Waals surface area contributed by atoms with E-state index in [1.165, 1.54) is 44.2 Å². The standard InChI is InChI=1S/C44H52N2O12S/c1-22-12-10-8-9-11-13-34(51)46-37-41(55)30-19-27(6)40(54)36(35(30)42(56)43(37)59-21-31(44(57)58)45-28(7)47)39(53)26(5)18-25(4)38(52)24(3)15-17-29(48)16-14-23(2)33(50)20-32(22)49/h8-15,17-19,22,24-25,29,31-32,38,48-49,52,54H,16,20-21H2,1-7H3,(H,45,47)(H,46,51)(H,57,58). The largest absolute Gasteiger partial charge is 0.507 e. The van der Waals surface area contributed by atoms with Gasteiger partial charge < -0.3 is 36.2 Å². The number of aliphatic hydroxyl groups is 3. The number of ketones is 4. The third-order valence-corrected chi connectivity index (χ3v) is 11.0. The summed E-state index contributed by atoms with van der Waals surface area (Å²) < 4.78 is 0. The van der Waals surface area contributed by atoms with Crippen LogP contribution in [0.1, 0.15) is 91.0 Å². The van der Waals surface area contributed by atoms with E-state index >= 15 is 0 Å². The second kappa shape index (κ2) is 21.5. The van der Waals surface area contributed by atoms with Crippen LogP contribution in [0.5, 0.6) is 5.75 Å². The number of carbonyl (C=O) groups is 7. The first-order valence-corrected chi connectivity index (χ1v) is 20.0. The molecule has 0 saturated carbocycles. The minimum Gasteiger partial charge on any atom is -0.507 e. The van der Waals surface area contributed by atoms with Crippen molar-refractivity contribution in [2.45, 2.75) is 85.7 Å². The molecule has 0 spiro atoms. The molecular weight excluding hydrogens is 781 g/mol. The van der Waals surface area contributed by atoms with Crippen molar-refractivity contribution in [1.29, 1.82) is 0 Å². The summed E-state index contributed by atoms with van der Waals surface area (Å²) in [4.78, 5) is 92.0. The fraction of sp³-hybridized carbons (Fsp3) is 0.386. The van der Waals surface area contributed by atoms with E-state index in [4.69, 9.17) is 0 Å². The topological polar surface area (TPSA) is 245 Å². The van der Waals surface area contributed by atoms with Gasteiger partial charge in [0.05, 0.1) is 28.8 Å². The molecule has 316 valence electrons. The first-order chi connectivity index (χ1) is 27.7. The number of aliphatic carboxylic acids is 1. The highest BCUT2D eigenvalue weighted by atomic mass is 32.2. The van der Waals surface area contributed by atoms with Crippen LogP contribution in [0.2, 0.25) is 0 Å². The molecular formula is C44H52N2O12S. The van der Waals surface area contributed by atoms with Gasteiger partial charge in [-0.25, -0.2) is 4.79 Å². The number of carbonyl (C=O) groups excluding carboxylic acids is 6. The number of amides is 2. The Labute approximate surface area is 347 Å². The zero-order valence-electron chi connectivity index (χ0n) is 34.0. The minimum absolute atomic E-state index is 0.00628. The first kappa shape index (κ1) is 47.9. The molecule has 0 aromatic heterocycles. The van der Waals surface area contributed by atoms with Gasteiger partial charge in [0.25, 0.3) is 0 Å². The zero-order chi connectivity index (χ0) is 44.3. The van der Waals surface area contributed by atoms with Gasteiger partial charge in [-0.15, -0.1) is 11.8 Å². The van der Waals surface area contributed by atoms with Crippen LogP contribution in [-0.2, 0) is 19.2 Å². The number of aryl methyl sites for hydroxylation is 1. The number of carboxylic acid groups (broad SMARTS) is 1. The third kappa shape index (κ3) is 12.8. The van der Waals surface area contributed by atoms with Gasteiger partial charge in [0, 0.05) is 54.1 Å². The Kier molecular flexibility index (Phi) is 17.5. The van der Waals surface area contributed by atoms with Crippen molar-refractivity contribution < 1.29 is 59.1 Å². The number of Topliss-reactive ketones (excluding diaryl/α,β-unsaturated/α-hetero) is 4. The molecule has 2 heterocycles. The SMILES string of the molecule is CC(=O)NC(CSC1=C2NC(=O)C=CC=CC=CC(C)C(O)CC(=O)C(C)=CCC(O)C=CC(C)C(O)C(C)C=C(C)C(=O)c3c(O)c(C)cc(c3C1=O)C2=O)C(=O)O. The molecule has 1 aromatic carbocycles. The summed E-state index contributed by atoms with van der Waals surface area (Å²) in [5, 5.41) is 58.0. The number of phenolic OH excluding ortho intramolecular Hbond substituents is 1. The smallest absolute Gasteiger partial charge is 0.327 e. The maximum absolute atomic E-state index is 14.4. The quantitative estimate of drug-likeness (QED) is 0.204. The van der Waals surface area contributed by atoms with Crippen molar-refractivity contribution in [3.63, 3.8) is 0 Å². The van der Waals surface area contributed by atoms with E-state index in [-0.39, 0.29) is 35.3 Å². The highest BCUT2D eigenvalue weighted by Gasteiger charge is 2.39. The lowest BCUT2D eigenvalue weighted by Crippen LogP contribution is -2.42. The van der Waals surface area contributed by atoms with Crippen LogP contribution >= 0.6 is 11.8 Å².